The molecule has 1 atom stereocenters. The second-order valence-corrected chi connectivity index (χ2v) is 6.99. The number of Topliss-reactive ketones (excluding diaryl/α,β-unsaturated/α-hetero) is 1. The second kappa shape index (κ2) is 7.35. The SMILES string of the molecule is CC(=O)c1c(C)nn(C(C)CC(=O)NCc2ncc3c(n2)CCC3)c1C. The van der Waals surface area contributed by atoms with Crippen molar-refractivity contribution in [2.75, 3.05) is 0 Å². The molecule has 2 aromatic heterocycles. The highest BCUT2D eigenvalue weighted by Crippen LogP contribution is 2.20. The Morgan fingerprint density at radius 2 is 2.08 bits per heavy atom. The standard InChI is InChI=1S/C19H25N5O2/c1-11(24-13(3)19(14(4)25)12(2)23-24)8-18(26)21-10-17-20-9-15-6-5-7-16(15)22-17/h9,11H,5-8,10H2,1-4H3,(H,21,26). The molecule has 0 radical (unpaired) electrons. The molecule has 1 N–H and O–H groups in total. The van der Waals surface area contributed by atoms with Gasteiger partial charge in [-0.15, -0.1) is 0 Å². The summed E-state index contributed by atoms with van der Waals surface area (Å²) in [4.78, 5) is 32.9. The fourth-order valence-corrected chi connectivity index (χ4v) is 3.65. The van der Waals surface area contributed by atoms with E-state index < -0.39 is 0 Å². The van der Waals surface area contributed by atoms with Crippen molar-refractivity contribution in [2.45, 2.75) is 66.0 Å². The van der Waals surface area contributed by atoms with Gasteiger partial charge in [0, 0.05) is 24.0 Å². The fraction of sp³-hybridized carbons (Fsp3) is 0.526. The molecule has 0 aromatic carbocycles. The van der Waals surface area contributed by atoms with E-state index in [1.807, 2.05) is 27.0 Å². The molecule has 0 aliphatic heterocycles. The van der Waals surface area contributed by atoms with E-state index in [0.29, 0.717) is 23.6 Å². The van der Waals surface area contributed by atoms with Crippen LogP contribution in [0.4, 0.5) is 0 Å². The van der Waals surface area contributed by atoms with Crippen LogP contribution in [-0.4, -0.2) is 31.4 Å². The smallest absolute Gasteiger partial charge is 0.222 e. The van der Waals surface area contributed by atoms with Gasteiger partial charge in [0.1, 0.15) is 5.82 Å². The number of fused-ring (bicyclic) bond motifs is 1. The topological polar surface area (TPSA) is 89.8 Å². The van der Waals surface area contributed by atoms with Gasteiger partial charge in [-0.3, -0.25) is 14.3 Å². The van der Waals surface area contributed by atoms with Crippen LogP contribution in [-0.2, 0) is 24.2 Å². The van der Waals surface area contributed by atoms with Gasteiger partial charge in [0.15, 0.2) is 5.78 Å². The number of carbonyl (C=O) groups is 2. The van der Waals surface area contributed by atoms with Crippen LogP contribution in [0.2, 0.25) is 0 Å². The molecule has 0 bridgehead atoms. The molecule has 3 rings (SSSR count). The van der Waals surface area contributed by atoms with Gasteiger partial charge in [-0.05, 0) is 52.5 Å². The molecule has 0 saturated heterocycles. The molecule has 138 valence electrons. The third kappa shape index (κ3) is 3.66. The average molecular weight is 355 g/mol. The highest BCUT2D eigenvalue weighted by Gasteiger charge is 2.20. The van der Waals surface area contributed by atoms with Gasteiger partial charge in [0.2, 0.25) is 5.91 Å². The first-order valence-electron chi connectivity index (χ1n) is 9.03. The lowest BCUT2D eigenvalue weighted by Crippen LogP contribution is -2.27. The molecule has 1 aliphatic carbocycles. The van der Waals surface area contributed by atoms with Crippen molar-refractivity contribution in [3.05, 3.63) is 40.2 Å². The zero-order valence-electron chi connectivity index (χ0n) is 15.8. The van der Waals surface area contributed by atoms with Crippen molar-refractivity contribution in [1.29, 1.82) is 0 Å². The summed E-state index contributed by atoms with van der Waals surface area (Å²) < 4.78 is 1.76. The first-order valence-corrected chi connectivity index (χ1v) is 9.03. The molecule has 1 amide bonds. The van der Waals surface area contributed by atoms with E-state index in [1.165, 1.54) is 12.5 Å². The van der Waals surface area contributed by atoms with Gasteiger partial charge in [0.05, 0.1) is 23.8 Å². The summed E-state index contributed by atoms with van der Waals surface area (Å²) in [5, 5.41) is 7.32. The Hall–Kier alpha value is -2.57. The molecule has 2 heterocycles. The first-order chi connectivity index (χ1) is 12.4. The van der Waals surface area contributed by atoms with Crippen molar-refractivity contribution in [2.24, 2.45) is 0 Å². The summed E-state index contributed by atoms with van der Waals surface area (Å²) >= 11 is 0. The lowest BCUT2D eigenvalue weighted by Gasteiger charge is -2.14. The summed E-state index contributed by atoms with van der Waals surface area (Å²) in [5.41, 5.74) is 4.48. The number of nitrogens with one attached hydrogen (secondary N) is 1. The minimum Gasteiger partial charge on any atom is -0.349 e. The molecular weight excluding hydrogens is 330 g/mol. The van der Waals surface area contributed by atoms with Gasteiger partial charge in [-0.1, -0.05) is 0 Å². The fourth-order valence-electron chi connectivity index (χ4n) is 3.65. The highest BCUT2D eigenvalue weighted by molar-refractivity contribution is 5.96. The number of rotatable bonds is 6. The molecule has 7 nitrogen and oxygen atoms in total. The predicted molar refractivity (Wildman–Crippen MR) is 96.9 cm³/mol. The first kappa shape index (κ1) is 18.2. The largest absolute Gasteiger partial charge is 0.349 e. The van der Waals surface area contributed by atoms with Crippen LogP contribution in [0.5, 0.6) is 0 Å². The van der Waals surface area contributed by atoms with Crippen LogP contribution < -0.4 is 5.32 Å². The lowest BCUT2D eigenvalue weighted by atomic mass is 10.1. The summed E-state index contributed by atoms with van der Waals surface area (Å²) in [7, 11) is 0. The molecule has 7 heteroatoms. The van der Waals surface area contributed by atoms with E-state index in [9.17, 15) is 9.59 Å². The quantitative estimate of drug-likeness (QED) is 0.803. The molecule has 1 unspecified atom stereocenters. The Morgan fingerprint density at radius 1 is 1.31 bits per heavy atom. The van der Waals surface area contributed by atoms with Crippen LogP contribution >= 0.6 is 0 Å². The Kier molecular flexibility index (Phi) is 5.15. The molecule has 0 spiro atoms. The van der Waals surface area contributed by atoms with Crippen LogP contribution in [0, 0.1) is 13.8 Å². The number of amides is 1. The average Bonchev–Trinajstić information content (AvgIpc) is 3.16. The highest BCUT2D eigenvalue weighted by atomic mass is 16.1. The van der Waals surface area contributed by atoms with Gasteiger partial charge in [0.25, 0.3) is 0 Å². The number of hydrogen-bond donors (Lipinski definition) is 1. The summed E-state index contributed by atoms with van der Waals surface area (Å²) in [6, 6.07) is -0.136. The molecule has 26 heavy (non-hydrogen) atoms. The molecule has 0 fully saturated rings. The van der Waals surface area contributed by atoms with E-state index in [4.69, 9.17) is 0 Å². The van der Waals surface area contributed by atoms with Crippen LogP contribution in [0.25, 0.3) is 0 Å². The molecule has 0 saturated carbocycles. The van der Waals surface area contributed by atoms with Crippen LogP contribution in [0.3, 0.4) is 0 Å². The second-order valence-electron chi connectivity index (χ2n) is 6.99. The minimum absolute atomic E-state index is 0.00309. The van der Waals surface area contributed by atoms with Crippen LogP contribution in [0.15, 0.2) is 6.20 Å². The zero-order chi connectivity index (χ0) is 18.8. The Labute approximate surface area is 153 Å². The number of hydrogen-bond acceptors (Lipinski definition) is 5. The van der Waals surface area contributed by atoms with Crippen LogP contribution in [0.1, 0.15) is 71.6 Å². The van der Waals surface area contributed by atoms with Crippen molar-refractivity contribution >= 4 is 11.7 Å². The predicted octanol–water partition coefficient (Wildman–Crippen LogP) is 2.25. The maximum absolute atomic E-state index is 12.3. The monoisotopic (exact) mass is 355 g/mol. The van der Waals surface area contributed by atoms with Gasteiger partial charge in [-0.25, -0.2) is 9.97 Å². The lowest BCUT2D eigenvalue weighted by molar-refractivity contribution is -0.122. The summed E-state index contributed by atoms with van der Waals surface area (Å²) in [6.45, 7) is 7.47. The maximum atomic E-state index is 12.3. The Bertz CT molecular complexity index is 856. The number of nitrogens with zero attached hydrogens (tertiary/aromatic N) is 4. The van der Waals surface area contributed by atoms with E-state index in [-0.39, 0.29) is 24.2 Å². The van der Waals surface area contributed by atoms with Crippen molar-refractivity contribution in [3.63, 3.8) is 0 Å². The molecule has 1 aliphatic rings. The van der Waals surface area contributed by atoms with Crippen molar-refractivity contribution in [3.8, 4) is 0 Å². The summed E-state index contributed by atoms with van der Waals surface area (Å²) in [6.07, 6.45) is 5.32. The number of aromatic nitrogens is 4. The van der Waals surface area contributed by atoms with Gasteiger partial charge in [-0.2, -0.15) is 5.10 Å². The van der Waals surface area contributed by atoms with Crippen molar-refractivity contribution < 1.29 is 9.59 Å². The molecular formula is C19H25N5O2. The number of ketones is 1. The van der Waals surface area contributed by atoms with Gasteiger partial charge >= 0.3 is 0 Å². The number of carbonyl (C=O) groups excluding carboxylic acids is 2. The Balaban J connectivity index is 1.60. The van der Waals surface area contributed by atoms with Gasteiger partial charge < -0.3 is 5.32 Å². The maximum Gasteiger partial charge on any atom is 0.222 e. The Morgan fingerprint density at radius 3 is 2.77 bits per heavy atom. The van der Waals surface area contributed by atoms with E-state index in [0.717, 1.165) is 30.7 Å². The third-order valence-electron chi connectivity index (χ3n) is 4.88. The van der Waals surface area contributed by atoms with Crippen molar-refractivity contribution in [1.82, 2.24) is 25.1 Å². The van der Waals surface area contributed by atoms with E-state index >= 15 is 0 Å². The normalized spacial score (nSPS) is 14.2. The zero-order valence-corrected chi connectivity index (χ0v) is 15.8. The molecule has 2 aromatic rings. The number of aryl methyl sites for hydroxylation is 3. The van der Waals surface area contributed by atoms with E-state index in [1.54, 1.807) is 4.68 Å². The minimum atomic E-state index is -0.136. The van der Waals surface area contributed by atoms with E-state index in [2.05, 4.69) is 20.4 Å². The third-order valence-corrected chi connectivity index (χ3v) is 4.88. The summed E-state index contributed by atoms with van der Waals surface area (Å²) in [5.74, 6) is 0.562.